The zero-order chi connectivity index (χ0) is 24.2. The number of anilines is 3. The van der Waals surface area contributed by atoms with Crippen molar-refractivity contribution in [3.8, 4) is 5.75 Å². The highest BCUT2D eigenvalue weighted by molar-refractivity contribution is 6.31. The number of amides is 1. The second kappa shape index (κ2) is 10.6. The highest BCUT2D eigenvalue weighted by Gasteiger charge is 2.21. The second-order valence-electron chi connectivity index (χ2n) is 8.49. The van der Waals surface area contributed by atoms with Crippen molar-refractivity contribution in [3.63, 3.8) is 0 Å². The maximum atomic E-state index is 13.6. The number of rotatable bonds is 8. The van der Waals surface area contributed by atoms with E-state index in [4.69, 9.17) is 21.1 Å². The predicted molar refractivity (Wildman–Crippen MR) is 133 cm³/mol. The molecular weight excluding hydrogens is 473 g/mol. The Morgan fingerprint density at radius 2 is 2.17 bits per heavy atom. The number of nitrogens with one attached hydrogen (secondary N) is 2. The van der Waals surface area contributed by atoms with Crippen LogP contribution in [0, 0.1) is 5.82 Å². The third-order valence-corrected chi connectivity index (χ3v) is 6.23. The molecule has 2 aliphatic heterocycles. The van der Waals surface area contributed by atoms with E-state index >= 15 is 0 Å². The third-order valence-electron chi connectivity index (χ3n) is 5.94. The number of hydrogen-bond donors (Lipinski definition) is 2. The summed E-state index contributed by atoms with van der Waals surface area (Å²) < 4.78 is 25.2. The lowest BCUT2D eigenvalue weighted by Crippen LogP contribution is -2.37. The maximum Gasteiger partial charge on any atom is 0.248 e. The molecule has 1 atom stereocenters. The van der Waals surface area contributed by atoms with Crippen LogP contribution in [-0.4, -0.2) is 59.7 Å². The van der Waals surface area contributed by atoms with E-state index in [1.54, 1.807) is 18.2 Å². The Morgan fingerprint density at radius 3 is 2.91 bits per heavy atom. The largest absolute Gasteiger partial charge is 0.486 e. The minimum atomic E-state index is -0.505. The molecule has 1 unspecified atom stereocenters. The van der Waals surface area contributed by atoms with Crippen molar-refractivity contribution in [1.82, 2.24) is 14.9 Å². The molecule has 0 spiro atoms. The lowest BCUT2D eigenvalue weighted by atomic mass is 10.1. The monoisotopic (exact) mass is 497 g/mol. The first-order valence-electron chi connectivity index (χ1n) is 11.5. The van der Waals surface area contributed by atoms with Crippen LogP contribution in [0.2, 0.25) is 5.02 Å². The summed E-state index contributed by atoms with van der Waals surface area (Å²) >= 11 is 5.93. The molecule has 1 aromatic heterocycles. The normalized spacial score (nSPS) is 18.1. The zero-order valence-corrected chi connectivity index (χ0v) is 19.7. The fourth-order valence-corrected chi connectivity index (χ4v) is 4.10. The summed E-state index contributed by atoms with van der Waals surface area (Å²) in [7, 11) is 0. The van der Waals surface area contributed by atoms with Gasteiger partial charge in [-0.2, -0.15) is 0 Å². The first-order valence-corrected chi connectivity index (χ1v) is 11.9. The van der Waals surface area contributed by atoms with Gasteiger partial charge in [-0.1, -0.05) is 17.7 Å². The van der Waals surface area contributed by atoms with Crippen molar-refractivity contribution >= 4 is 45.6 Å². The van der Waals surface area contributed by atoms with Crippen molar-refractivity contribution in [2.75, 3.05) is 43.5 Å². The summed E-state index contributed by atoms with van der Waals surface area (Å²) in [5, 5.41) is 6.74. The first-order chi connectivity index (χ1) is 17.0. The van der Waals surface area contributed by atoms with Crippen molar-refractivity contribution in [2.24, 2.45) is 0 Å². The SMILES string of the molecule is O=C(/C=C/CN1CCC1)Nc1cc2c(Nc3ccc(F)c(Cl)c3)ncnc2cc1OC1CCOC1. The minimum absolute atomic E-state index is 0.000738. The molecule has 2 N–H and O–H groups in total. The lowest BCUT2D eigenvalue weighted by molar-refractivity contribution is -0.111. The molecule has 0 aliphatic carbocycles. The van der Waals surface area contributed by atoms with Gasteiger partial charge in [0.05, 0.1) is 29.4 Å². The molecule has 0 bridgehead atoms. The van der Waals surface area contributed by atoms with Crippen LogP contribution >= 0.6 is 11.6 Å². The molecule has 182 valence electrons. The van der Waals surface area contributed by atoms with E-state index in [0.29, 0.717) is 47.1 Å². The van der Waals surface area contributed by atoms with Crippen LogP contribution in [0.4, 0.5) is 21.6 Å². The summed E-state index contributed by atoms with van der Waals surface area (Å²) in [6.45, 7) is 4.00. The Bertz CT molecular complexity index is 1260. The van der Waals surface area contributed by atoms with E-state index in [9.17, 15) is 9.18 Å². The molecule has 2 aromatic carbocycles. The van der Waals surface area contributed by atoms with Crippen molar-refractivity contribution in [2.45, 2.75) is 18.9 Å². The molecule has 5 rings (SSSR count). The molecule has 2 saturated heterocycles. The Morgan fingerprint density at radius 1 is 1.29 bits per heavy atom. The number of aromatic nitrogens is 2. The van der Waals surface area contributed by atoms with Crippen LogP contribution < -0.4 is 15.4 Å². The predicted octanol–water partition coefficient (Wildman–Crippen LogP) is 4.53. The number of likely N-dealkylation sites (tertiary alicyclic amines) is 1. The first kappa shape index (κ1) is 23.5. The molecule has 0 saturated carbocycles. The molecule has 2 fully saturated rings. The van der Waals surface area contributed by atoms with Gasteiger partial charge in [-0.15, -0.1) is 0 Å². The van der Waals surface area contributed by atoms with E-state index in [1.165, 1.54) is 31.0 Å². The molecule has 0 radical (unpaired) electrons. The van der Waals surface area contributed by atoms with Gasteiger partial charge in [0.15, 0.2) is 0 Å². The Labute approximate surface area is 207 Å². The summed E-state index contributed by atoms with van der Waals surface area (Å²) in [6, 6.07) is 7.88. The van der Waals surface area contributed by atoms with Crippen molar-refractivity contribution < 1.29 is 18.7 Å². The van der Waals surface area contributed by atoms with Gasteiger partial charge in [-0.05, 0) is 43.8 Å². The van der Waals surface area contributed by atoms with E-state index in [0.717, 1.165) is 26.1 Å². The molecule has 35 heavy (non-hydrogen) atoms. The maximum absolute atomic E-state index is 13.6. The third kappa shape index (κ3) is 5.70. The quantitative estimate of drug-likeness (QED) is 0.442. The van der Waals surface area contributed by atoms with Gasteiger partial charge in [-0.3, -0.25) is 9.69 Å². The molecule has 8 nitrogen and oxygen atoms in total. The molecule has 2 aliphatic rings. The summed E-state index contributed by atoms with van der Waals surface area (Å²) in [5.74, 6) is 0.230. The van der Waals surface area contributed by atoms with Crippen LogP contribution in [0.25, 0.3) is 10.9 Å². The zero-order valence-electron chi connectivity index (χ0n) is 19.0. The van der Waals surface area contributed by atoms with E-state index < -0.39 is 5.82 Å². The number of nitrogens with zero attached hydrogens (tertiary/aromatic N) is 3. The number of benzene rings is 2. The fourth-order valence-electron chi connectivity index (χ4n) is 3.92. The average molecular weight is 498 g/mol. The van der Waals surface area contributed by atoms with Gasteiger partial charge < -0.3 is 20.1 Å². The van der Waals surface area contributed by atoms with Gasteiger partial charge in [0.25, 0.3) is 0 Å². The van der Waals surface area contributed by atoms with Crippen molar-refractivity contribution in [3.05, 3.63) is 59.7 Å². The highest BCUT2D eigenvalue weighted by atomic mass is 35.5. The van der Waals surface area contributed by atoms with Crippen LogP contribution in [0.15, 0.2) is 48.8 Å². The fraction of sp³-hybridized carbons (Fsp3) is 0.320. The number of halogens is 2. The van der Waals surface area contributed by atoms with E-state index in [1.807, 2.05) is 6.08 Å². The standard InChI is InChI=1S/C25H25ClFN5O3/c26-19-11-16(4-5-20(19)27)30-25-18-12-22(31-24(33)3-1-7-32-8-2-9-32)23(13-21(18)28-15-29-25)35-17-6-10-34-14-17/h1,3-5,11-13,15,17H,2,6-10,14H2,(H,31,33)(H,28,29,30)/b3-1+. The van der Waals surface area contributed by atoms with Gasteiger partial charge in [0.1, 0.15) is 29.8 Å². The Kier molecular flexibility index (Phi) is 7.08. The van der Waals surface area contributed by atoms with Gasteiger partial charge in [-0.25, -0.2) is 14.4 Å². The van der Waals surface area contributed by atoms with Crippen LogP contribution in [0.3, 0.4) is 0 Å². The second-order valence-corrected chi connectivity index (χ2v) is 8.90. The molecular formula is C25H25ClFN5O3. The number of fused-ring (bicyclic) bond motifs is 1. The molecule has 1 amide bonds. The number of carbonyl (C=O) groups excluding carboxylic acids is 1. The average Bonchev–Trinajstić information content (AvgIpc) is 3.32. The summed E-state index contributed by atoms with van der Waals surface area (Å²) in [5.41, 5.74) is 1.69. The topological polar surface area (TPSA) is 88.6 Å². The smallest absolute Gasteiger partial charge is 0.248 e. The van der Waals surface area contributed by atoms with Crippen molar-refractivity contribution in [1.29, 1.82) is 0 Å². The van der Waals surface area contributed by atoms with Gasteiger partial charge >= 0.3 is 0 Å². The van der Waals surface area contributed by atoms with Crippen LogP contribution in [0.1, 0.15) is 12.8 Å². The van der Waals surface area contributed by atoms with Crippen LogP contribution in [0.5, 0.6) is 5.75 Å². The van der Waals surface area contributed by atoms with Crippen LogP contribution in [-0.2, 0) is 9.53 Å². The van der Waals surface area contributed by atoms with Gasteiger partial charge in [0.2, 0.25) is 5.91 Å². The highest BCUT2D eigenvalue weighted by Crippen LogP contribution is 2.35. The summed E-state index contributed by atoms with van der Waals surface area (Å²) in [6.07, 6.45) is 6.68. The Balaban J connectivity index is 1.44. The van der Waals surface area contributed by atoms with E-state index in [2.05, 4.69) is 25.5 Å². The molecule has 3 aromatic rings. The number of carbonyl (C=O) groups is 1. The lowest BCUT2D eigenvalue weighted by Gasteiger charge is -2.29. The Hall–Kier alpha value is -3.27. The number of hydrogen-bond acceptors (Lipinski definition) is 7. The number of ether oxygens (including phenoxy) is 2. The molecule has 3 heterocycles. The van der Waals surface area contributed by atoms with Gasteiger partial charge in [0, 0.05) is 36.2 Å². The molecule has 10 heteroatoms. The summed E-state index contributed by atoms with van der Waals surface area (Å²) in [4.78, 5) is 23.6. The van der Waals surface area contributed by atoms with E-state index in [-0.39, 0.29) is 17.0 Å². The minimum Gasteiger partial charge on any atom is -0.486 e.